The normalized spacial score (nSPS) is 10.6. The second-order valence-electron chi connectivity index (χ2n) is 5.18. The van der Waals surface area contributed by atoms with E-state index in [1.165, 1.54) is 12.3 Å². The quantitative estimate of drug-likeness (QED) is 0.698. The van der Waals surface area contributed by atoms with Crippen molar-refractivity contribution in [3.63, 3.8) is 0 Å². The van der Waals surface area contributed by atoms with Crippen molar-refractivity contribution in [1.29, 1.82) is 0 Å². The zero-order valence-corrected chi connectivity index (χ0v) is 14.1. The standard InChI is InChI=1S/C17H15ClN4O3/c1-2-25-17(24)14-12(9-22-6-4-3-5-13(14)22)21-16(23)10-7-11(18)15(19)20-8-10/h3-9H,2H2,1H3,(H2,19,20)(H,21,23). The van der Waals surface area contributed by atoms with Gasteiger partial charge in [-0.15, -0.1) is 0 Å². The maximum Gasteiger partial charge on any atom is 0.342 e. The topological polar surface area (TPSA) is 98.7 Å². The predicted molar refractivity (Wildman–Crippen MR) is 95.0 cm³/mol. The summed E-state index contributed by atoms with van der Waals surface area (Å²) in [4.78, 5) is 28.7. The first-order valence-electron chi connectivity index (χ1n) is 7.50. The number of carbonyl (C=O) groups excluding carboxylic acids is 2. The number of anilines is 2. The van der Waals surface area contributed by atoms with Crippen molar-refractivity contribution in [2.45, 2.75) is 6.92 Å². The highest BCUT2D eigenvalue weighted by Crippen LogP contribution is 2.25. The van der Waals surface area contributed by atoms with Crippen LogP contribution >= 0.6 is 11.6 Å². The summed E-state index contributed by atoms with van der Waals surface area (Å²) < 4.78 is 6.84. The van der Waals surface area contributed by atoms with Gasteiger partial charge in [-0.25, -0.2) is 9.78 Å². The molecule has 0 aliphatic carbocycles. The van der Waals surface area contributed by atoms with Gasteiger partial charge in [0.2, 0.25) is 0 Å². The molecular formula is C17H15ClN4O3. The number of nitrogens with zero attached hydrogens (tertiary/aromatic N) is 2. The van der Waals surface area contributed by atoms with E-state index in [1.54, 1.807) is 35.9 Å². The van der Waals surface area contributed by atoms with Crippen molar-refractivity contribution >= 4 is 40.5 Å². The Morgan fingerprint density at radius 1 is 1.40 bits per heavy atom. The van der Waals surface area contributed by atoms with E-state index < -0.39 is 11.9 Å². The molecule has 1 amide bonds. The molecule has 0 aliphatic heterocycles. The second-order valence-corrected chi connectivity index (χ2v) is 5.58. The van der Waals surface area contributed by atoms with E-state index in [-0.39, 0.29) is 28.6 Å². The molecule has 128 valence electrons. The predicted octanol–water partition coefficient (Wildman–Crippen LogP) is 3.00. The molecular weight excluding hydrogens is 344 g/mol. The molecule has 0 saturated carbocycles. The van der Waals surface area contributed by atoms with Gasteiger partial charge in [-0.2, -0.15) is 0 Å². The van der Waals surface area contributed by atoms with Gasteiger partial charge < -0.3 is 20.2 Å². The molecule has 3 aromatic heterocycles. The van der Waals surface area contributed by atoms with Crippen molar-refractivity contribution in [1.82, 2.24) is 9.38 Å². The number of hydrogen-bond acceptors (Lipinski definition) is 5. The van der Waals surface area contributed by atoms with Crippen LogP contribution in [0.5, 0.6) is 0 Å². The number of nitrogens with one attached hydrogen (secondary N) is 1. The monoisotopic (exact) mass is 358 g/mol. The summed E-state index contributed by atoms with van der Waals surface area (Å²) in [6.07, 6.45) is 4.73. The minimum Gasteiger partial charge on any atom is -0.462 e. The Morgan fingerprint density at radius 2 is 2.20 bits per heavy atom. The molecule has 0 fully saturated rings. The summed E-state index contributed by atoms with van der Waals surface area (Å²) in [7, 11) is 0. The Bertz CT molecular complexity index is 968. The van der Waals surface area contributed by atoms with Gasteiger partial charge in [0, 0.05) is 18.6 Å². The molecule has 3 heterocycles. The molecule has 0 spiro atoms. The summed E-state index contributed by atoms with van der Waals surface area (Å²) in [5.74, 6) is -0.837. The Balaban J connectivity index is 2.00. The van der Waals surface area contributed by atoms with Crippen LogP contribution < -0.4 is 11.1 Å². The Hall–Kier alpha value is -3.06. The first kappa shape index (κ1) is 16.8. The van der Waals surface area contributed by atoms with E-state index in [2.05, 4.69) is 10.3 Å². The number of amides is 1. The maximum atomic E-state index is 12.5. The Morgan fingerprint density at radius 3 is 2.92 bits per heavy atom. The fourth-order valence-electron chi connectivity index (χ4n) is 2.40. The molecule has 0 radical (unpaired) electrons. The third-order valence-corrected chi connectivity index (χ3v) is 3.85. The van der Waals surface area contributed by atoms with Gasteiger partial charge in [-0.1, -0.05) is 17.7 Å². The zero-order valence-electron chi connectivity index (χ0n) is 13.3. The highest BCUT2D eigenvalue weighted by Gasteiger charge is 2.21. The lowest BCUT2D eigenvalue weighted by Crippen LogP contribution is -2.15. The molecule has 0 bridgehead atoms. The number of nitrogen functional groups attached to an aromatic ring is 1. The zero-order chi connectivity index (χ0) is 18.0. The molecule has 0 saturated heterocycles. The number of esters is 1. The Labute approximate surface area is 148 Å². The summed E-state index contributed by atoms with van der Waals surface area (Å²) in [6, 6.07) is 6.80. The summed E-state index contributed by atoms with van der Waals surface area (Å²) in [5.41, 5.74) is 7.02. The molecule has 7 nitrogen and oxygen atoms in total. The lowest BCUT2D eigenvalue weighted by atomic mass is 10.2. The molecule has 8 heteroatoms. The summed E-state index contributed by atoms with van der Waals surface area (Å²) >= 11 is 5.90. The lowest BCUT2D eigenvalue weighted by Gasteiger charge is -2.07. The van der Waals surface area contributed by atoms with Gasteiger partial charge in [0.1, 0.15) is 11.4 Å². The van der Waals surface area contributed by atoms with Crippen molar-refractivity contribution in [2.24, 2.45) is 0 Å². The van der Waals surface area contributed by atoms with Gasteiger partial charge in [-0.3, -0.25) is 4.79 Å². The molecule has 0 atom stereocenters. The van der Waals surface area contributed by atoms with Crippen LogP contribution in [0.25, 0.3) is 5.52 Å². The molecule has 3 rings (SSSR count). The largest absolute Gasteiger partial charge is 0.462 e. The number of ether oxygens (including phenoxy) is 1. The maximum absolute atomic E-state index is 12.5. The lowest BCUT2D eigenvalue weighted by molar-refractivity contribution is 0.0530. The molecule has 0 aliphatic rings. The molecule has 3 aromatic rings. The number of hydrogen-bond donors (Lipinski definition) is 2. The minimum atomic E-state index is -0.514. The van der Waals surface area contributed by atoms with E-state index >= 15 is 0 Å². The average molecular weight is 359 g/mol. The third kappa shape index (κ3) is 3.27. The van der Waals surface area contributed by atoms with Crippen LogP contribution in [-0.4, -0.2) is 27.9 Å². The third-order valence-electron chi connectivity index (χ3n) is 3.54. The highest BCUT2D eigenvalue weighted by atomic mass is 35.5. The van der Waals surface area contributed by atoms with Crippen molar-refractivity contribution in [2.75, 3.05) is 17.7 Å². The number of fused-ring (bicyclic) bond motifs is 1. The van der Waals surface area contributed by atoms with Crippen LogP contribution in [0.4, 0.5) is 11.5 Å². The van der Waals surface area contributed by atoms with E-state index in [9.17, 15) is 9.59 Å². The van der Waals surface area contributed by atoms with Crippen molar-refractivity contribution in [3.8, 4) is 0 Å². The van der Waals surface area contributed by atoms with E-state index in [0.29, 0.717) is 11.2 Å². The van der Waals surface area contributed by atoms with Gasteiger partial charge in [-0.05, 0) is 25.1 Å². The van der Waals surface area contributed by atoms with Crippen LogP contribution in [0.3, 0.4) is 0 Å². The van der Waals surface area contributed by atoms with Crippen LogP contribution in [-0.2, 0) is 4.74 Å². The first-order valence-corrected chi connectivity index (χ1v) is 7.88. The van der Waals surface area contributed by atoms with Crippen LogP contribution in [0.2, 0.25) is 5.02 Å². The van der Waals surface area contributed by atoms with Crippen LogP contribution in [0.15, 0.2) is 42.9 Å². The van der Waals surface area contributed by atoms with Gasteiger partial charge in [0.15, 0.2) is 0 Å². The van der Waals surface area contributed by atoms with Gasteiger partial charge in [0.25, 0.3) is 5.91 Å². The van der Waals surface area contributed by atoms with Crippen LogP contribution in [0.1, 0.15) is 27.6 Å². The number of carbonyl (C=O) groups is 2. The van der Waals surface area contributed by atoms with E-state index in [1.807, 2.05) is 6.07 Å². The molecule has 0 aromatic carbocycles. The SMILES string of the molecule is CCOC(=O)c1c(NC(=O)c2cnc(N)c(Cl)c2)cn2ccccc12. The average Bonchev–Trinajstić information content (AvgIpc) is 2.95. The highest BCUT2D eigenvalue weighted by molar-refractivity contribution is 6.33. The summed E-state index contributed by atoms with van der Waals surface area (Å²) in [6.45, 7) is 1.95. The van der Waals surface area contributed by atoms with Crippen molar-refractivity contribution in [3.05, 3.63) is 59.0 Å². The fraction of sp³-hybridized carbons (Fsp3) is 0.118. The van der Waals surface area contributed by atoms with Crippen molar-refractivity contribution < 1.29 is 14.3 Å². The smallest absolute Gasteiger partial charge is 0.342 e. The van der Waals surface area contributed by atoms with E-state index in [0.717, 1.165) is 0 Å². The Kier molecular flexibility index (Phi) is 4.58. The van der Waals surface area contributed by atoms with Gasteiger partial charge >= 0.3 is 5.97 Å². The van der Waals surface area contributed by atoms with Gasteiger partial charge in [0.05, 0.1) is 28.4 Å². The fourth-order valence-corrected chi connectivity index (χ4v) is 2.57. The summed E-state index contributed by atoms with van der Waals surface area (Å²) in [5, 5.41) is 2.88. The number of halogens is 1. The number of nitrogens with two attached hydrogens (primary N) is 1. The number of rotatable bonds is 4. The molecule has 25 heavy (non-hydrogen) atoms. The minimum absolute atomic E-state index is 0.139. The number of aromatic nitrogens is 2. The van der Waals surface area contributed by atoms with Crippen LogP contribution in [0, 0.1) is 0 Å². The second kappa shape index (κ2) is 6.82. The molecule has 3 N–H and O–H groups in total. The van der Waals surface area contributed by atoms with E-state index in [4.69, 9.17) is 22.1 Å². The molecule has 0 unspecified atom stereocenters. The number of pyridine rings is 2. The first-order chi connectivity index (χ1) is 12.0.